The van der Waals surface area contributed by atoms with Gasteiger partial charge in [-0.2, -0.15) is 0 Å². The number of rotatable bonds is 4. The fraction of sp³-hybridized carbons (Fsp3) is 0.133. The van der Waals surface area contributed by atoms with Gasteiger partial charge in [0, 0.05) is 8.95 Å². The summed E-state index contributed by atoms with van der Waals surface area (Å²) in [5.41, 5.74) is 2.54. The summed E-state index contributed by atoms with van der Waals surface area (Å²) in [6.07, 6.45) is 0.813. The van der Waals surface area contributed by atoms with Crippen molar-refractivity contribution in [3.63, 3.8) is 0 Å². The van der Waals surface area contributed by atoms with Gasteiger partial charge in [-0.1, -0.05) is 44.0 Å². The molecule has 0 heterocycles. The second-order valence-corrected chi connectivity index (χ2v) is 6.01. The van der Waals surface area contributed by atoms with Gasteiger partial charge >= 0.3 is 0 Å². The Morgan fingerprint density at radius 3 is 2.63 bits per heavy atom. The highest BCUT2D eigenvalue weighted by atomic mass is 79.9. The third kappa shape index (κ3) is 3.67. The maximum atomic E-state index is 11.1. The average molecular weight is 384 g/mol. The predicted octanol–water partition coefficient (Wildman–Crippen LogP) is 4.91. The molecule has 19 heavy (non-hydrogen) atoms. The van der Waals surface area contributed by atoms with Crippen molar-refractivity contribution in [2.24, 2.45) is 0 Å². The lowest BCUT2D eigenvalue weighted by atomic mass is 10.1. The molecule has 0 unspecified atom stereocenters. The van der Waals surface area contributed by atoms with Gasteiger partial charge in [0.1, 0.15) is 12.4 Å². The lowest BCUT2D eigenvalue weighted by molar-refractivity contribution is 0.111. The number of aryl methyl sites for hydroxylation is 1. The van der Waals surface area contributed by atoms with Crippen LogP contribution in [0, 0.1) is 6.92 Å². The highest BCUT2D eigenvalue weighted by Gasteiger charge is 2.08. The first-order valence-electron chi connectivity index (χ1n) is 5.72. The van der Waals surface area contributed by atoms with Crippen LogP contribution in [0.4, 0.5) is 0 Å². The number of halogens is 2. The predicted molar refractivity (Wildman–Crippen MR) is 82.7 cm³/mol. The largest absolute Gasteiger partial charge is 0.488 e. The fourth-order valence-corrected chi connectivity index (χ4v) is 2.86. The van der Waals surface area contributed by atoms with Crippen molar-refractivity contribution in [1.29, 1.82) is 0 Å². The molecule has 2 rings (SSSR count). The molecule has 0 aromatic heterocycles. The monoisotopic (exact) mass is 382 g/mol. The Labute approximate surface area is 129 Å². The summed E-state index contributed by atoms with van der Waals surface area (Å²) in [7, 11) is 0. The molecule has 0 saturated carbocycles. The molecule has 0 aliphatic carbocycles. The molecule has 0 aliphatic heterocycles. The molecule has 2 aromatic rings. The molecule has 2 aromatic carbocycles. The lowest BCUT2D eigenvalue weighted by Gasteiger charge is -2.12. The van der Waals surface area contributed by atoms with Gasteiger partial charge in [0.2, 0.25) is 0 Å². The zero-order valence-electron chi connectivity index (χ0n) is 10.3. The summed E-state index contributed by atoms with van der Waals surface area (Å²) in [4.78, 5) is 11.1. The summed E-state index contributed by atoms with van der Waals surface area (Å²) in [6.45, 7) is 2.36. The highest BCUT2D eigenvalue weighted by molar-refractivity contribution is 9.10. The van der Waals surface area contributed by atoms with Crippen molar-refractivity contribution in [3.05, 3.63) is 62.0 Å². The van der Waals surface area contributed by atoms with E-state index in [1.54, 1.807) is 6.07 Å². The maximum absolute atomic E-state index is 11.1. The minimum absolute atomic E-state index is 0.433. The van der Waals surface area contributed by atoms with Crippen LogP contribution in [0.15, 0.2) is 45.3 Å². The number of carbonyl (C=O) groups is 1. The minimum Gasteiger partial charge on any atom is -0.488 e. The molecule has 0 aliphatic rings. The Morgan fingerprint density at radius 2 is 1.95 bits per heavy atom. The van der Waals surface area contributed by atoms with E-state index in [1.165, 1.54) is 0 Å². The molecule has 2 nitrogen and oxygen atoms in total. The smallest absolute Gasteiger partial charge is 0.153 e. The van der Waals surface area contributed by atoms with E-state index in [1.807, 2.05) is 37.3 Å². The number of hydrogen-bond donors (Lipinski definition) is 0. The number of carbonyl (C=O) groups excluding carboxylic acids is 1. The van der Waals surface area contributed by atoms with Crippen LogP contribution in [0.25, 0.3) is 0 Å². The van der Waals surface area contributed by atoms with Crippen molar-refractivity contribution >= 4 is 38.1 Å². The van der Waals surface area contributed by atoms with Gasteiger partial charge in [-0.3, -0.25) is 4.79 Å². The number of hydrogen-bond acceptors (Lipinski definition) is 2. The van der Waals surface area contributed by atoms with Crippen LogP contribution in [0.5, 0.6) is 5.75 Å². The molecule has 0 atom stereocenters. The van der Waals surface area contributed by atoms with Crippen molar-refractivity contribution in [2.75, 3.05) is 0 Å². The summed E-state index contributed by atoms with van der Waals surface area (Å²) in [6, 6.07) is 11.6. The van der Waals surface area contributed by atoms with Gasteiger partial charge < -0.3 is 4.74 Å². The van der Waals surface area contributed by atoms with E-state index in [2.05, 4.69) is 31.9 Å². The molecule has 0 radical (unpaired) electrons. The van der Waals surface area contributed by atoms with Crippen molar-refractivity contribution in [1.82, 2.24) is 0 Å². The average Bonchev–Trinajstić information content (AvgIpc) is 2.37. The molecule has 0 saturated heterocycles. The van der Waals surface area contributed by atoms with E-state index in [0.29, 0.717) is 17.9 Å². The lowest BCUT2D eigenvalue weighted by Crippen LogP contribution is -2.00. The van der Waals surface area contributed by atoms with Crippen LogP contribution < -0.4 is 4.74 Å². The zero-order valence-corrected chi connectivity index (χ0v) is 13.5. The Bertz CT molecular complexity index is 609. The van der Waals surface area contributed by atoms with Gasteiger partial charge in [0.15, 0.2) is 6.29 Å². The second-order valence-electron chi connectivity index (χ2n) is 4.18. The van der Waals surface area contributed by atoms with Crippen LogP contribution in [-0.4, -0.2) is 6.29 Å². The van der Waals surface area contributed by atoms with Crippen molar-refractivity contribution in [2.45, 2.75) is 13.5 Å². The minimum atomic E-state index is 0.433. The molecule has 0 spiro atoms. The van der Waals surface area contributed by atoms with Crippen molar-refractivity contribution < 1.29 is 9.53 Å². The Hall–Kier alpha value is -1.13. The second kappa shape index (κ2) is 6.35. The van der Waals surface area contributed by atoms with Gasteiger partial charge in [-0.15, -0.1) is 0 Å². The molecule has 0 amide bonds. The van der Waals surface area contributed by atoms with Crippen LogP contribution in [-0.2, 0) is 6.61 Å². The van der Waals surface area contributed by atoms with E-state index >= 15 is 0 Å². The molecular weight excluding hydrogens is 372 g/mol. The molecule has 98 valence electrons. The third-order valence-corrected chi connectivity index (χ3v) is 3.62. The topological polar surface area (TPSA) is 26.3 Å². The van der Waals surface area contributed by atoms with E-state index < -0.39 is 0 Å². The Balaban J connectivity index is 2.22. The van der Waals surface area contributed by atoms with Crippen LogP contribution in [0.1, 0.15) is 21.5 Å². The van der Waals surface area contributed by atoms with Gasteiger partial charge in [0.05, 0.1) is 5.56 Å². The first-order chi connectivity index (χ1) is 9.10. The van der Waals surface area contributed by atoms with Crippen LogP contribution in [0.3, 0.4) is 0 Å². The van der Waals surface area contributed by atoms with E-state index in [-0.39, 0.29) is 0 Å². The zero-order chi connectivity index (χ0) is 13.8. The summed E-state index contributed by atoms with van der Waals surface area (Å²) in [5, 5.41) is 0. The first-order valence-corrected chi connectivity index (χ1v) is 7.31. The Kier molecular flexibility index (Phi) is 4.77. The first kappa shape index (κ1) is 14.3. The number of ether oxygens (including phenoxy) is 1. The summed E-state index contributed by atoms with van der Waals surface area (Å²) < 4.78 is 7.67. The van der Waals surface area contributed by atoms with Gasteiger partial charge in [-0.05, 0) is 42.3 Å². The van der Waals surface area contributed by atoms with Crippen LogP contribution >= 0.6 is 31.9 Å². The standard InChI is InChI=1S/C15H12Br2O2/c1-10-5-14(17)7-12(8-18)15(10)19-9-11-3-2-4-13(16)6-11/h2-8H,9H2,1H3. The van der Waals surface area contributed by atoms with Crippen molar-refractivity contribution in [3.8, 4) is 5.75 Å². The Morgan fingerprint density at radius 1 is 1.16 bits per heavy atom. The molecule has 0 fully saturated rings. The van der Waals surface area contributed by atoms with Crippen LogP contribution in [0.2, 0.25) is 0 Å². The third-order valence-electron chi connectivity index (χ3n) is 2.67. The van der Waals surface area contributed by atoms with E-state index in [9.17, 15) is 4.79 Å². The SMILES string of the molecule is Cc1cc(Br)cc(C=O)c1OCc1cccc(Br)c1. The fourth-order valence-electron chi connectivity index (χ4n) is 1.82. The normalized spacial score (nSPS) is 10.3. The van der Waals surface area contributed by atoms with Gasteiger partial charge in [0.25, 0.3) is 0 Å². The maximum Gasteiger partial charge on any atom is 0.153 e. The summed E-state index contributed by atoms with van der Waals surface area (Å²) >= 11 is 6.80. The number of benzene rings is 2. The molecule has 0 N–H and O–H groups in total. The van der Waals surface area contributed by atoms with E-state index in [0.717, 1.165) is 26.4 Å². The molecule has 4 heteroatoms. The van der Waals surface area contributed by atoms with E-state index in [4.69, 9.17) is 4.74 Å². The summed E-state index contributed by atoms with van der Waals surface area (Å²) in [5.74, 6) is 0.637. The number of aldehydes is 1. The highest BCUT2D eigenvalue weighted by Crippen LogP contribution is 2.27. The molecular formula is C15H12Br2O2. The quantitative estimate of drug-likeness (QED) is 0.701. The molecule has 0 bridgehead atoms. The van der Waals surface area contributed by atoms with Gasteiger partial charge in [-0.25, -0.2) is 0 Å².